The monoisotopic (exact) mass is 225 g/mol. The fourth-order valence-corrected chi connectivity index (χ4v) is 1.53. The van der Waals surface area contributed by atoms with Crippen LogP contribution in [0.1, 0.15) is 38.0 Å². The second-order valence-electron chi connectivity index (χ2n) is 5.15. The van der Waals surface area contributed by atoms with Crippen molar-refractivity contribution in [2.45, 2.75) is 39.3 Å². The number of halogens is 1. The van der Waals surface area contributed by atoms with Crippen molar-refractivity contribution in [3.63, 3.8) is 0 Å². The zero-order valence-corrected chi connectivity index (χ0v) is 10.3. The second-order valence-corrected chi connectivity index (χ2v) is 5.15. The highest BCUT2D eigenvalue weighted by molar-refractivity contribution is 5.28. The van der Waals surface area contributed by atoms with Crippen molar-refractivity contribution in [1.82, 2.24) is 5.32 Å². The van der Waals surface area contributed by atoms with Crippen molar-refractivity contribution in [2.24, 2.45) is 0 Å². The molecule has 2 N–H and O–H groups in total. The van der Waals surface area contributed by atoms with Crippen LogP contribution in [0, 0.1) is 12.7 Å². The molecule has 1 rings (SSSR count). The number of benzene rings is 1. The van der Waals surface area contributed by atoms with E-state index in [1.165, 1.54) is 12.1 Å². The van der Waals surface area contributed by atoms with E-state index in [-0.39, 0.29) is 11.4 Å². The molecule has 0 saturated heterocycles. The van der Waals surface area contributed by atoms with Crippen LogP contribution in [0.3, 0.4) is 0 Å². The Morgan fingerprint density at radius 1 is 1.38 bits per heavy atom. The number of rotatable bonds is 3. The highest BCUT2D eigenvalue weighted by Gasteiger charge is 2.15. The van der Waals surface area contributed by atoms with Gasteiger partial charge in [-0.3, -0.25) is 0 Å². The summed E-state index contributed by atoms with van der Waals surface area (Å²) in [4.78, 5) is 0. The first-order valence-electron chi connectivity index (χ1n) is 5.49. The molecule has 16 heavy (non-hydrogen) atoms. The summed E-state index contributed by atoms with van der Waals surface area (Å²) in [6.07, 6.45) is -0.597. The molecule has 1 aromatic carbocycles. The lowest BCUT2D eigenvalue weighted by Gasteiger charge is -2.23. The number of aryl methyl sites for hydroxylation is 1. The van der Waals surface area contributed by atoms with Gasteiger partial charge in [0.25, 0.3) is 0 Å². The summed E-state index contributed by atoms with van der Waals surface area (Å²) in [5.41, 5.74) is 1.52. The van der Waals surface area contributed by atoms with E-state index in [1.807, 2.05) is 20.8 Å². The number of aliphatic hydroxyl groups excluding tert-OH is 1. The van der Waals surface area contributed by atoms with Crippen LogP contribution in [0.15, 0.2) is 18.2 Å². The average Bonchev–Trinajstić information content (AvgIpc) is 2.13. The maximum absolute atomic E-state index is 12.9. The molecule has 0 bridgehead atoms. The Balaban J connectivity index is 2.70. The molecule has 1 unspecified atom stereocenters. The summed E-state index contributed by atoms with van der Waals surface area (Å²) in [5, 5.41) is 13.2. The summed E-state index contributed by atoms with van der Waals surface area (Å²) >= 11 is 0. The van der Waals surface area contributed by atoms with Gasteiger partial charge in [-0.2, -0.15) is 0 Å². The summed E-state index contributed by atoms with van der Waals surface area (Å²) < 4.78 is 12.9. The van der Waals surface area contributed by atoms with E-state index in [4.69, 9.17) is 0 Å². The van der Waals surface area contributed by atoms with Crippen LogP contribution >= 0.6 is 0 Å². The first kappa shape index (κ1) is 13.1. The molecule has 0 aliphatic heterocycles. The molecular weight excluding hydrogens is 205 g/mol. The Morgan fingerprint density at radius 2 is 2.00 bits per heavy atom. The second kappa shape index (κ2) is 4.93. The summed E-state index contributed by atoms with van der Waals surface area (Å²) in [5.74, 6) is -0.266. The van der Waals surface area contributed by atoms with Crippen LogP contribution in [-0.2, 0) is 0 Å². The highest BCUT2D eigenvalue weighted by atomic mass is 19.1. The molecule has 90 valence electrons. The smallest absolute Gasteiger partial charge is 0.123 e. The molecule has 0 heterocycles. The molecule has 1 aromatic rings. The highest BCUT2D eigenvalue weighted by Crippen LogP contribution is 2.18. The summed E-state index contributed by atoms with van der Waals surface area (Å²) in [6, 6.07) is 4.46. The quantitative estimate of drug-likeness (QED) is 0.828. The third kappa shape index (κ3) is 3.91. The molecule has 0 saturated carbocycles. The van der Waals surface area contributed by atoms with E-state index in [1.54, 1.807) is 13.0 Å². The van der Waals surface area contributed by atoms with Crippen LogP contribution in [0.25, 0.3) is 0 Å². The average molecular weight is 225 g/mol. The number of hydrogen-bond donors (Lipinski definition) is 2. The largest absolute Gasteiger partial charge is 0.387 e. The van der Waals surface area contributed by atoms with Gasteiger partial charge in [-0.1, -0.05) is 6.07 Å². The molecule has 1 atom stereocenters. The first-order chi connectivity index (χ1) is 7.29. The lowest BCUT2D eigenvalue weighted by Crippen LogP contribution is -2.38. The SMILES string of the molecule is Cc1cc(F)ccc1C(O)CNC(C)(C)C. The van der Waals surface area contributed by atoms with Crippen LogP contribution < -0.4 is 5.32 Å². The van der Waals surface area contributed by atoms with E-state index >= 15 is 0 Å². The fraction of sp³-hybridized carbons (Fsp3) is 0.538. The number of hydrogen-bond acceptors (Lipinski definition) is 2. The van der Waals surface area contributed by atoms with E-state index in [0.717, 1.165) is 11.1 Å². The molecule has 0 fully saturated rings. The molecule has 0 aromatic heterocycles. The Bertz CT molecular complexity index is 357. The van der Waals surface area contributed by atoms with Crippen LogP contribution in [0.5, 0.6) is 0 Å². The van der Waals surface area contributed by atoms with Crippen molar-refractivity contribution in [3.05, 3.63) is 35.1 Å². The predicted octanol–water partition coefficient (Wildman–Crippen LogP) is 2.56. The summed E-state index contributed by atoms with van der Waals surface area (Å²) in [6.45, 7) is 8.39. The number of aliphatic hydroxyl groups is 1. The van der Waals surface area contributed by atoms with Crippen molar-refractivity contribution in [3.8, 4) is 0 Å². The number of nitrogens with one attached hydrogen (secondary N) is 1. The number of β-amino-alcohol motifs (C(OH)–C–C–N with tert-alkyl or cyclic N) is 1. The molecule has 0 aliphatic rings. The van der Waals surface area contributed by atoms with Crippen LogP contribution in [-0.4, -0.2) is 17.2 Å². The normalized spacial score (nSPS) is 13.9. The van der Waals surface area contributed by atoms with E-state index in [9.17, 15) is 9.50 Å². The molecule has 0 spiro atoms. The standard InChI is InChI=1S/C13H20FNO/c1-9-7-10(14)5-6-11(9)12(16)8-15-13(2,3)4/h5-7,12,15-16H,8H2,1-4H3. The van der Waals surface area contributed by atoms with Gasteiger partial charge in [0.1, 0.15) is 5.82 Å². The van der Waals surface area contributed by atoms with Crippen LogP contribution in [0.4, 0.5) is 4.39 Å². The molecule has 2 nitrogen and oxygen atoms in total. The lowest BCUT2D eigenvalue weighted by atomic mass is 10.0. The third-order valence-corrected chi connectivity index (χ3v) is 2.42. The van der Waals surface area contributed by atoms with Gasteiger partial charge in [0.05, 0.1) is 6.10 Å². The van der Waals surface area contributed by atoms with Gasteiger partial charge >= 0.3 is 0 Å². The van der Waals surface area contributed by atoms with Gasteiger partial charge in [-0.25, -0.2) is 4.39 Å². The Morgan fingerprint density at radius 3 is 2.50 bits per heavy atom. The maximum Gasteiger partial charge on any atom is 0.123 e. The van der Waals surface area contributed by atoms with Gasteiger partial charge in [-0.15, -0.1) is 0 Å². The fourth-order valence-electron chi connectivity index (χ4n) is 1.53. The van der Waals surface area contributed by atoms with Gasteiger partial charge in [-0.05, 0) is 51.0 Å². The molecular formula is C13H20FNO. The molecule has 0 amide bonds. The topological polar surface area (TPSA) is 32.3 Å². The van der Waals surface area contributed by atoms with E-state index < -0.39 is 6.10 Å². The van der Waals surface area contributed by atoms with Crippen molar-refractivity contribution in [2.75, 3.05) is 6.54 Å². The van der Waals surface area contributed by atoms with Crippen molar-refractivity contribution < 1.29 is 9.50 Å². The Hall–Kier alpha value is -0.930. The van der Waals surface area contributed by atoms with Crippen molar-refractivity contribution >= 4 is 0 Å². The van der Waals surface area contributed by atoms with Gasteiger partial charge < -0.3 is 10.4 Å². The molecule has 0 aliphatic carbocycles. The maximum atomic E-state index is 12.9. The Kier molecular flexibility index (Phi) is 4.05. The zero-order valence-electron chi connectivity index (χ0n) is 10.3. The predicted molar refractivity (Wildman–Crippen MR) is 63.9 cm³/mol. The minimum atomic E-state index is -0.597. The van der Waals surface area contributed by atoms with Crippen molar-refractivity contribution in [1.29, 1.82) is 0 Å². The summed E-state index contributed by atoms with van der Waals surface area (Å²) in [7, 11) is 0. The molecule has 3 heteroatoms. The minimum Gasteiger partial charge on any atom is -0.387 e. The Labute approximate surface area is 96.5 Å². The van der Waals surface area contributed by atoms with Gasteiger partial charge in [0.2, 0.25) is 0 Å². The third-order valence-electron chi connectivity index (χ3n) is 2.42. The minimum absolute atomic E-state index is 0.0328. The lowest BCUT2D eigenvalue weighted by molar-refractivity contribution is 0.162. The van der Waals surface area contributed by atoms with Gasteiger partial charge in [0.15, 0.2) is 0 Å². The van der Waals surface area contributed by atoms with E-state index in [0.29, 0.717) is 6.54 Å². The first-order valence-corrected chi connectivity index (χ1v) is 5.49. The van der Waals surface area contributed by atoms with E-state index in [2.05, 4.69) is 5.32 Å². The molecule has 0 radical (unpaired) electrons. The zero-order chi connectivity index (χ0) is 12.3. The van der Waals surface area contributed by atoms with Gasteiger partial charge in [0, 0.05) is 12.1 Å². The van der Waals surface area contributed by atoms with Crippen LogP contribution in [0.2, 0.25) is 0 Å².